The first-order chi connectivity index (χ1) is 7.61. The summed E-state index contributed by atoms with van der Waals surface area (Å²) in [4.78, 5) is 3.98. The maximum Gasteiger partial charge on any atom is 0.198 e. The molecule has 0 bridgehead atoms. The van der Waals surface area contributed by atoms with Gasteiger partial charge in [-0.1, -0.05) is 0 Å². The molecule has 0 heterocycles. The number of hydrogen-bond acceptors (Lipinski definition) is 3. The normalized spacial score (nSPS) is 10.1. The van der Waals surface area contributed by atoms with E-state index in [1.54, 1.807) is 13.3 Å². The Morgan fingerprint density at radius 3 is 2.50 bits per heavy atom. The van der Waals surface area contributed by atoms with Gasteiger partial charge in [0.25, 0.3) is 0 Å². The molecule has 4 nitrogen and oxygen atoms in total. The Labute approximate surface area is 105 Å². The van der Waals surface area contributed by atoms with E-state index in [0.29, 0.717) is 0 Å². The van der Waals surface area contributed by atoms with Gasteiger partial charge in [0.15, 0.2) is 10.2 Å². The second kappa shape index (κ2) is 6.14. The van der Waals surface area contributed by atoms with Gasteiger partial charge in [0.05, 0.1) is 7.11 Å². The number of nitrogens with two attached hydrogens (primary N) is 1. The summed E-state index contributed by atoms with van der Waals surface area (Å²) >= 11 is 9.50. The monoisotopic (exact) mass is 253 g/mol. The molecule has 0 aliphatic rings. The molecule has 84 valence electrons. The molecule has 1 aromatic rings. The van der Waals surface area contributed by atoms with Crippen molar-refractivity contribution in [3.63, 3.8) is 0 Å². The van der Waals surface area contributed by atoms with Crippen molar-refractivity contribution >= 4 is 40.9 Å². The van der Waals surface area contributed by atoms with Crippen LogP contribution in [0.5, 0.6) is 5.75 Å². The molecule has 16 heavy (non-hydrogen) atoms. The number of nitrogens with zero attached hydrogens (tertiary/aromatic N) is 1. The van der Waals surface area contributed by atoms with Crippen LogP contribution >= 0.6 is 24.4 Å². The summed E-state index contributed by atoms with van der Waals surface area (Å²) in [5.41, 5.74) is 6.15. The van der Waals surface area contributed by atoms with Gasteiger partial charge in [-0.15, -0.1) is 0 Å². The van der Waals surface area contributed by atoms with Gasteiger partial charge in [-0.2, -0.15) is 0 Å². The molecule has 0 unspecified atom stereocenters. The maximum atomic E-state index is 5.24. The first kappa shape index (κ1) is 12.5. The van der Waals surface area contributed by atoms with Crippen molar-refractivity contribution in [3.8, 4) is 5.75 Å². The molecule has 0 saturated carbocycles. The van der Waals surface area contributed by atoms with E-state index in [1.807, 2.05) is 24.3 Å². The van der Waals surface area contributed by atoms with Gasteiger partial charge in [-0.25, -0.2) is 4.99 Å². The van der Waals surface area contributed by atoms with E-state index in [0.717, 1.165) is 11.3 Å². The zero-order valence-corrected chi connectivity index (χ0v) is 10.3. The number of rotatable bonds is 2. The first-order valence-corrected chi connectivity index (χ1v) is 5.22. The van der Waals surface area contributed by atoms with Crippen LogP contribution in [0, 0.1) is 0 Å². The Balaban J connectivity index is 2.62. The fourth-order valence-electron chi connectivity index (χ4n) is 0.961. The smallest absolute Gasteiger partial charge is 0.198 e. The van der Waals surface area contributed by atoms with E-state index >= 15 is 0 Å². The van der Waals surface area contributed by atoms with E-state index in [4.69, 9.17) is 22.7 Å². The Hall–Kier alpha value is -1.53. The third kappa shape index (κ3) is 4.33. The van der Waals surface area contributed by atoms with Crippen molar-refractivity contribution < 1.29 is 4.74 Å². The van der Waals surface area contributed by atoms with E-state index < -0.39 is 0 Å². The number of ether oxygens (including phenoxy) is 1. The molecule has 1 rings (SSSR count). The first-order valence-electron chi connectivity index (χ1n) is 4.40. The van der Waals surface area contributed by atoms with Gasteiger partial charge in [-0.3, -0.25) is 0 Å². The van der Waals surface area contributed by atoms with Crippen LogP contribution in [0.3, 0.4) is 0 Å². The van der Waals surface area contributed by atoms with E-state index in [-0.39, 0.29) is 10.2 Å². The van der Waals surface area contributed by atoms with Crippen molar-refractivity contribution in [1.82, 2.24) is 5.32 Å². The standard InChI is InChI=1S/C10H11N3OS2/c1-14-8-4-2-7(3-5-8)6-12-10(16)13-9(11)15/h2-6H,1H3,(H3,11,13,15,16)/b12-6+. The van der Waals surface area contributed by atoms with Gasteiger partial charge in [0.1, 0.15) is 5.75 Å². The predicted molar refractivity (Wildman–Crippen MR) is 73.1 cm³/mol. The summed E-state index contributed by atoms with van der Waals surface area (Å²) < 4.78 is 5.03. The van der Waals surface area contributed by atoms with Crippen LogP contribution in [-0.4, -0.2) is 23.5 Å². The second-order valence-electron chi connectivity index (χ2n) is 2.83. The highest BCUT2D eigenvalue weighted by Crippen LogP contribution is 2.09. The summed E-state index contributed by atoms with van der Waals surface area (Å²) in [6.07, 6.45) is 1.62. The topological polar surface area (TPSA) is 59.6 Å². The predicted octanol–water partition coefficient (Wildman–Crippen LogP) is 1.23. The van der Waals surface area contributed by atoms with Crippen molar-refractivity contribution in [3.05, 3.63) is 29.8 Å². The summed E-state index contributed by atoms with van der Waals surface area (Å²) in [6, 6.07) is 7.41. The fourth-order valence-corrected chi connectivity index (χ4v) is 1.28. The maximum absolute atomic E-state index is 5.24. The van der Waals surface area contributed by atoms with Gasteiger partial charge in [-0.05, 0) is 54.3 Å². The number of thiocarbonyl (C=S) groups is 2. The molecule has 0 aliphatic heterocycles. The molecule has 0 amide bonds. The lowest BCUT2D eigenvalue weighted by molar-refractivity contribution is 0.415. The van der Waals surface area contributed by atoms with Crippen molar-refractivity contribution in [2.24, 2.45) is 10.7 Å². The Morgan fingerprint density at radius 2 is 2.00 bits per heavy atom. The molecular formula is C10H11N3OS2. The van der Waals surface area contributed by atoms with Crippen molar-refractivity contribution in [1.29, 1.82) is 0 Å². The van der Waals surface area contributed by atoms with Crippen LogP contribution in [0.2, 0.25) is 0 Å². The average molecular weight is 253 g/mol. The van der Waals surface area contributed by atoms with Crippen LogP contribution in [-0.2, 0) is 0 Å². The summed E-state index contributed by atoms with van der Waals surface area (Å²) in [7, 11) is 1.62. The highest BCUT2D eigenvalue weighted by molar-refractivity contribution is 7.81. The minimum Gasteiger partial charge on any atom is -0.497 e. The van der Waals surface area contributed by atoms with E-state index in [2.05, 4.69) is 22.5 Å². The van der Waals surface area contributed by atoms with Crippen LogP contribution in [0.25, 0.3) is 0 Å². The van der Waals surface area contributed by atoms with Gasteiger partial charge >= 0.3 is 0 Å². The quantitative estimate of drug-likeness (QED) is 0.613. The molecule has 0 spiro atoms. The molecule has 1 aromatic carbocycles. The molecule has 0 fully saturated rings. The third-order valence-electron chi connectivity index (χ3n) is 1.68. The molecule has 0 saturated heterocycles. The Kier molecular flexibility index (Phi) is 4.81. The molecule has 0 aliphatic carbocycles. The van der Waals surface area contributed by atoms with E-state index in [1.165, 1.54) is 0 Å². The minimum atomic E-state index is 0.108. The minimum absolute atomic E-state index is 0.108. The summed E-state index contributed by atoms with van der Waals surface area (Å²) in [5, 5.41) is 2.90. The van der Waals surface area contributed by atoms with Crippen molar-refractivity contribution in [2.75, 3.05) is 7.11 Å². The summed E-state index contributed by atoms with van der Waals surface area (Å²) in [6.45, 7) is 0. The zero-order valence-electron chi connectivity index (χ0n) is 8.64. The number of hydrogen-bond donors (Lipinski definition) is 2. The van der Waals surface area contributed by atoms with Crippen LogP contribution in [0.4, 0.5) is 0 Å². The molecule has 0 radical (unpaired) electrons. The van der Waals surface area contributed by atoms with Crippen molar-refractivity contribution in [2.45, 2.75) is 0 Å². The largest absolute Gasteiger partial charge is 0.497 e. The fraction of sp³-hybridized carbons (Fsp3) is 0.100. The lowest BCUT2D eigenvalue weighted by atomic mass is 10.2. The third-order valence-corrected chi connectivity index (χ3v) is 1.99. The SMILES string of the molecule is COc1ccc(/C=N/C(=S)NC(N)=S)cc1. The highest BCUT2D eigenvalue weighted by atomic mass is 32.1. The van der Waals surface area contributed by atoms with Gasteiger partial charge in [0, 0.05) is 6.21 Å². The zero-order chi connectivity index (χ0) is 12.0. The molecule has 6 heteroatoms. The molecule has 0 atom stereocenters. The lowest BCUT2D eigenvalue weighted by Gasteiger charge is -2.00. The van der Waals surface area contributed by atoms with E-state index in [9.17, 15) is 0 Å². The van der Waals surface area contributed by atoms with Gasteiger partial charge in [0.2, 0.25) is 0 Å². The molecule has 3 N–H and O–H groups in total. The highest BCUT2D eigenvalue weighted by Gasteiger charge is 1.93. The number of aliphatic imine (C=N–C) groups is 1. The number of benzene rings is 1. The number of methoxy groups -OCH3 is 1. The van der Waals surface area contributed by atoms with Gasteiger partial charge < -0.3 is 15.8 Å². The number of nitrogens with one attached hydrogen (secondary N) is 1. The second-order valence-corrected chi connectivity index (χ2v) is 3.65. The Morgan fingerprint density at radius 1 is 1.38 bits per heavy atom. The van der Waals surface area contributed by atoms with Crippen LogP contribution < -0.4 is 15.8 Å². The Bertz CT molecular complexity index is 415. The average Bonchev–Trinajstić information content (AvgIpc) is 2.26. The molecule has 0 aromatic heterocycles. The molecular weight excluding hydrogens is 242 g/mol. The summed E-state index contributed by atoms with van der Waals surface area (Å²) in [5.74, 6) is 0.793. The van der Waals surface area contributed by atoms with Crippen LogP contribution in [0.1, 0.15) is 5.56 Å². The lowest BCUT2D eigenvalue weighted by Crippen LogP contribution is -2.32. The van der Waals surface area contributed by atoms with Crippen LogP contribution in [0.15, 0.2) is 29.3 Å².